The number of carbonyl (C=O) groups is 1. The van der Waals surface area contributed by atoms with Crippen molar-refractivity contribution >= 4 is 45.0 Å². The normalized spacial score (nSPS) is 14.3. The minimum Gasteiger partial charge on any atom is -0.496 e. The molecule has 1 aliphatic heterocycles. The molecule has 4 aromatic rings. The number of benzene rings is 3. The van der Waals surface area contributed by atoms with Crippen LogP contribution in [-0.2, 0) is 16.1 Å². The molecule has 0 bridgehead atoms. The number of nitro benzene ring substituents is 1. The fourth-order valence-corrected chi connectivity index (χ4v) is 6.76. The van der Waals surface area contributed by atoms with Gasteiger partial charge in [-0.15, -0.1) is 0 Å². The van der Waals surface area contributed by atoms with E-state index in [4.69, 9.17) is 23.9 Å². The summed E-state index contributed by atoms with van der Waals surface area (Å²) in [5.41, 5.74) is 2.64. The van der Waals surface area contributed by atoms with Gasteiger partial charge in [-0.2, -0.15) is 0 Å². The fourth-order valence-electron chi connectivity index (χ4n) is 5.36. The highest BCUT2D eigenvalue weighted by Crippen LogP contribution is 2.38. The molecular formula is C35H34BrN3O8S. The predicted octanol–water partition coefficient (Wildman–Crippen LogP) is 6.24. The van der Waals surface area contributed by atoms with Gasteiger partial charge in [0.15, 0.2) is 16.3 Å². The number of methoxy groups -OCH3 is 1. The van der Waals surface area contributed by atoms with Crippen LogP contribution in [0.15, 0.2) is 86.2 Å². The first-order chi connectivity index (χ1) is 23.2. The van der Waals surface area contributed by atoms with Gasteiger partial charge in [-0.25, -0.2) is 9.79 Å². The summed E-state index contributed by atoms with van der Waals surface area (Å²) in [5, 5.41) is 11.0. The topological polar surface area (TPSA) is 131 Å². The Bertz CT molecular complexity index is 2050. The molecule has 0 fully saturated rings. The molecule has 1 aromatic heterocycles. The summed E-state index contributed by atoms with van der Waals surface area (Å²) in [6.45, 7) is 6.33. The smallest absolute Gasteiger partial charge is 0.338 e. The zero-order valence-corrected chi connectivity index (χ0v) is 29.3. The number of fused-ring (bicyclic) bond motifs is 1. The van der Waals surface area contributed by atoms with Crippen LogP contribution in [0, 0.1) is 10.1 Å². The molecule has 13 heteroatoms. The average molecular weight is 737 g/mol. The molecule has 0 amide bonds. The van der Waals surface area contributed by atoms with Crippen molar-refractivity contribution in [2.75, 3.05) is 20.3 Å². The van der Waals surface area contributed by atoms with Crippen molar-refractivity contribution in [3.05, 3.63) is 123 Å². The van der Waals surface area contributed by atoms with E-state index in [1.54, 1.807) is 50.4 Å². The third-order valence-corrected chi connectivity index (χ3v) is 8.96. The molecule has 11 nitrogen and oxygen atoms in total. The van der Waals surface area contributed by atoms with Gasteiger partial charge < -0.3 is 18.9 Å². The summed E-state index contributed by atoms with van der Waals surface area (Å²) in [6.07, 6.45) is 3.01. The zero-order chi connectivity index (χ0) is 34.4. The number of hydrogen-bond acceptors (Lipinski definition) is 10. The highest BCUT2D eigenvalue weighted by atomic mass is 79.9. The standard InChI is InChI=1S/C35H34BrN3O8S/c1-5-8-26-31(34(41)46-7-3)32(25-19-23(36)12-16-27(25)44-4)38-33(40)30(48-35(38)37-26)18-22-11-15-28(29(17-22)45-6-2)47-20-21-9-13-24(14-10-21)39(42)43/h9-19,32H,5-8,20H2,1-4H3/b30-18+/t32-/m0/s1. The first-order valence-corrected chi connectivity index (χ1v) is 17.0. The first kappa shape index (κ1) is 34.6. The second kappa shape index (κ2) is 15.4. The number of thiazole rings is 1. The summed E-state index contributed by atoms with van der Waals surface area (Å²) < 4.78 is 25.8. The van der Waals surface area contributed by atoms with E-state index < -0.39 is 16.9 Å². The van der Waals surface area contributed by atoms with Gasteiger partial charge in [0.05, 0.1) is 41.0 Å². The highest BCUT2D eigenvalue weighted by molar-refractivity contribution is 9.10. The van der Waals surface area contributed by atoms with Gasteiger partial charge in [0.25, 0.3) is 11.2 Å². The number of carbonyl (C=O) groups excluding carboxylic acids is 1. The van der Waals surface area contributed by atoms with Crippen LogP contribution in [0.25, 0.3) is 6.08 Å². The number of hydrogen-bond donors (Lipinski definition) is 0. The summed E-state index contributed by atoms with van der Waals surface area (Å²) in [7, 11) is 1.55. The van der Waals surface area contributed by atoms with Crippen molar-refractivity contribution in [2.45, 2.75) is 46.3 Å². The quantitative estimate of drug-likeness (QED) is 0.0897. The van der Waals surface area contributed by atoms with Crippen LogP contribution in [0.3, 0.4) is 0 Å². The fraction of sp³-hybridized carbons (Fsp3) is 0.286. The van der Waals surface area contributed by atoms with E-state index >= 15 is 0 Å². The van der Waals surface area contributed by atoms with Crippen molar-refractivity contribution in [3.63, 3.8) is 0 Å². The number of non-ortho nitro benzene ring substituents is 1. The number of aromatic nitrogens is 1. The minimum absolute atomic E-state index is 0.00388. The maximum absolute atomic E-state index is 14.2. The largest absolute Gasteiger partial charge is 0.496 e. The van der Waals surface area contributed by atoms with E-state index in [9.17, 15) is 19.7 Å². The zero-order valence-electron chi connectivity index (χ0n) is 26.9. The van der Waals surface area contributed by atoms with Crippen LogP contribution in [0.5, 0.6) is 17.2 Å². The molecule has 0 aliphatic carbocycles. The van der Waals surface area contributed by atoms with Crippen molar-refractivity contribution in [2.24, 2.45) is 4.99 Å². The summed E-state index contributed by atoms with van der Waals surface area (Å²) >= 11 is 4.78. The summed E-state index contributed by atoms with van der Waals surface area (Å²) in [6, 6.07) is 16.1. The predicted molar refractivity (Wildman–Crippen MR) is 185 cm³/mol. The summed E-state index contributed by atoms with van der Waals surface area (Å²) in [5.74, 6) is 0.950. The van der Waals surface area contributed by atoms with E-state index in [1.807, 2.05) is 32.0 Å². The van der Waals surface area contributed by atoms with Crippen LogP contribution in [0.4, 0.5) is 5.69 Å². The van der Waals surface area contributed by atoms with Gasteiger partial charge in [-0.1, -0.05) is 46.7 Å². The lowest BCUT2D eigenvalue weighted by atomic mass is 9.93. The Balaban J connectivity index is 1.59. The second-order valence-corrected chi connectivity index (χ2v) is 12.6. The van der Waals surface area contributed by atoms with Crippen LogP contribution in [0.1, 0.15) is 56.3 Å². The Hall–Kier alpha value is -4.75. The Kier molecular flexibility index (Phi) is 11.1. The highest BCUT2D eigenvalue weighted by Gasteiger charge is 2.36. The molecule has 0 spiro atoms. The molecule has 0 unspecified atom stereocenters. The molecular weight excluding hydrogens is 702 g/mol. The maximum atomic E-state index is 14.2. The van der Waals surface area contributed by atoms with E-state index in [1.165, 1.54) is 28.0 Å². The van der Waals surface area contributed by atoms with Crippen molar-refractivity contribution in [1.82, 2.24) is 4.57 Å². The number of nitrogens with zero attached hydrogens (tertiary/aromatic N) is 3. The van der Waals surface area contributed by atoms with Crippen LogP contribution < -0.4 is 29.1 Å². The molecule has 48 heavy (non-hydrogen) atoms. The monoisotopic (exact) mass is 735 g/mol. The SMILES string of the molecule is CCCC1=C(C(=O)OCC)[C@H](c2cc(Br)ccc2OC)n2c(s/c(=C/c3ccc(OCc4ccc([N+](=O)[O-])cc4)c(OCC)c3)c2=O)=N1. The van der Waals surface area contributed by atoms with Crippen LogP contribution in [-0.4, -0.2) is 35.8 Å². The lowest BCUT2D eigenvalue weighted by Gasteiger charge is -2.27. The second-order valence-electron chi connectivity index (χ2n) is 10.7. The molecule has 1 atom stereocenters. The molecule has 2 heterocycles. The minimum atomic E-state index is -0.828. The first-order valence-electron chi connectivity index (χ1n) is 15.4. The molecule has 250 valence electrons. The molecule has 5 rings (SSSR count). The van der Waals surface area contributed by atoms with Crippen molar-refractivity contribution < 1.29 is 28.7 Å². The molecule has 0 saturated carbocycles. The lowest BCUT2D eigenvalue weighted by Crippen LogP contribution is -2.40. The third-order valence-electron chi connectivity index (χ3n) is 7.49. The Labute approximate surface area is 289 Å². The number of rotatable bonds is 13. The van der Waals surface area contributed by atoms with Gasteiger partial charge >= 0.3 is 5.97 Å². The van der Waals surface area contributed by atoms with E-state index in [0.29, 0.717) is 62.0 Å². The molecule has 0 radical (unpaired) electrons. The van der Waals surface area contributed by atoms with Gasteiger partial charge in [-0.05, 0) is 79.9 Å². The summed E-state index contributed by atoms with van der Waals surface area (Å²) in [4.78, 5) is 43.6. The molecule has 0 saturated heterocycles. The number of nitro groups is 1. The van der Waals surface area contributed by atoms with Crippen LogP contribution >= 0.6 is 27.3 Å². The molecule has 3 aromatic carbocycles. The molecule has 0 N–H and O–H groups in total. The lowest BCUT2D eigenvalue weighted by molar-refractivity contribution is -0.384. The van der Waals surface area contributed by atoms with E-state index in [2.05, 4.69) is 15.9 Å². The molecule has 1 aliphatic rings. The number of allylic oxidation sites excluding steroid dienone is 1. The van der Waals surface area contributed by atoms with Crippen molar-refractivity contribution in [1.29, 1.82) is 0 Å². The van der Waals surface area contributed by atoms with Gasteiger partial charge in [0, 0.05) is 22.2 Å². The van der Waals surface area contributed by atoms with E-state index in [0.717, 1.165) is 16.5 Å². The number of esters is 1. The van der Waals surface area contributed by atoms with Crippen LogP contribution in [0.2, 0.25) is 0 Å². The maximum Gasteiger partial charge on any atom is 0.338 e. The Morgan fingerprint density at radius 2 is 1.77 bits per heavy atom. The third kappa shape index (κ3) is 7.37. The van der Waals surface area contributed by atoms with Crippen molar-refractivity contribution in [3.8, 4) is 17.2 Å². The average Bonchev–Trinajstić information content (AvgIpc) is 3.38. The van der Waals surface area contributed by atoms with E-state index in [-0.39, 0.29) is 24.5 Å². The van der Waals surface area contributed by atoms with Gasteiger partial charge in [-0.3, -0.25) is 19.5 Å². The Morgan fingerprint density at radius 1 is 1.02 bits per heavy atom. The van der Waals surface area contributed by atoms with Gasteiger partial charge in [0.1, 0.15) is 18.4 Å². The van der Waals surface area contributed by atoms with Gasteiger partial charge in [0.2, 0.25) is 0 Å². The number of ether oxygens (including phenoxy) is 4. The number of halogens is 1. The Morgan fingerprint density at radius 3 is 2.44 bits per heavy atom.